The van der Waals surface area contributed by atoms with Crippen LogP contribution in [0.3, 0.4) is 0 Å². The molecule has 7 heteroatoms. The van der Waals surface area contributed by atoms with E-state index in [9.17, 15) is 21.6 Å². The van der Waals surface area contributed by atoms with Crippen molar-refractivity contribution in [2.75, 3.05) is 18.6 Å². The second kappa shape index (κ2) is 6.58. The molecule has 0 aliphatic heterocycles. The highest BCUT2D eigenvalue weighted by Crippen LogP contribution is 2.34. The Kier molecular flexibility index (Phi) is 5.59. The Balaban J connectivity index is 3.20. The number of hydrogen-bond acceptors (Lipinski definition) is 3. The lowest BCUT2D eigenvalue weighted by atomic mass is 10.0. The predicted octanol–water partition coefficient (Wildman–Crippen LogP) is 2.79. The zero-order valence-electron chi connectivity index (χ0n) is 11.4. The van der Waals surface area contributed by atoms with Crippen LogP contribution in [0, 0.1) is 0 Å². The normalized spacial score (nSPS) is 14.2. The van der Waals surface area contributed by atoms with E-state index in [4.69, 9.17) is 0 Å². The zero-order chi connectivity index (χ0) is 15.4. The van der Waals surface area contributed by atoms with Gasteiger partial charge in [0.25, 0.3) is 0 Å². The third kappa shape index (κ3) is 5.13. The number of sulfone groups is 1. The smallest absolute Gasteiger partial charge is 0.309 e. The Morgan fingerprint density at radius 3 is 2.35 bits per heavy atom. The highest BCUT2D eigenvalue weighted by atomic mass is 32.2. The molecule has 0 amide bonds. The highest BCUT2D eigenvalue weighted by molar-refractivity contribution is 7.90. The van der Waals surface area contributed by atoms with Gasteiger partial charge in [-0.2, -0.15) is 13.2 Å². The summed E-state index contributed by atoms with van der Waals surface area (Å²) in [5.74, 6) is -0.361. The second-order valence-electron chi connectivity index (χ2n) is 4.68. The quantitative estimate of drug-likeness (QED) is 0.879. The first-order valence-corrected chi connectivity index (χ1v) is 8.28. The van der Waals surface area contributed by atoms with Crippen molar-refractivity contribution in [3.05, 3.63) is 35.4 Å². The first kappa shape index (κ1) is 17.0. The van der Waals surface area contributed by atoms with Gasteiger partial charge in [-0.25, -0.2) is 8.42 Å². The number of rotatable bonds is 6. The molecule has 114 valence electrons. The molecule has 0 saturated heterocycles. The minimum absolute atomic E-state index is 0.0288. The van der Waals surface area contributed by atoms with Crippen LogP contribution in [0.25, 0.3) is 0 Å². The van der Waals surface area contributed by atoms with Crippen molar-refractivity contribution < 1.29 is 21.6 Å². The molecular formula is C13H18F3NO2S. The van der Waals surface area contributed by atoms with Crippen LogP contribution in [0.15, 0.2) is 24.3 Å². The van der Waals surface area contributed by atoms with Crippen molar-refractivity contribution in [3.63, 3.8) is 0 Å². The largest absolute Gasteiger partial charge is 0.416 e. The van der Waals surface area contributed by atoms with Crippen LogP contribution >= 0.6 is 0 Å². The lowest BCUT2D eigenvalue weighted by Gasteiger charge is -2.22. The van der Waals surface area contributed by atoms with Crippen LogP contribution in [0.4, 0.5) is 13.2 Å². The third-order valence-electron chi connectivity index (χ3n) is 2.75. The Bertz CT molecular complexity index is 541. The van der Waals surface area contributed by atoms with Gasteiger partial charge in [-0.15, -0.1) is 0 Å². The molecule has 0 aliphatic carbocycles. The van der Waals surface area contributed by atoms with Gasteiger partial charge in [-0.3, -0.25) is 0 Å². The zero-order valence-corrected chi connectivity index (χ0v) is 12.2. The van der Waals surface area contributed by atoms with Gasteiger partial charge in [-0.05, 0) is 24.6 Å². The van der Waals surface area contributed by atoms with Gasteiger partial charge in [0.2, 0.25) is 0 Å². The Hall–Kier alpha value is -1.08. The number of halogens is 3. The lowest BCUT2D eigenvalue weighted by molar-refractivity contribution is -0.138. The van der Waals surface area contributed by atoms with E-state index in [1.165, 1.54) is 18.2 Å². The number of benzene rings is 1. The Labute approximate surface area is 117 Å². The summed E-state index contributed by atoms with van der Waals surface area (Å²) in [6.45, 7) is 2.31. The topological polar surface area (TPSA) is 46.2 Å². The summed E-state index contributed by atoms with van der Waals surface area (Å²) in [4.78, 5) is 0. The molecule has 1 atom stereocenters. The van der Waals surface area contributed by atoms with Crippen LogP contribution in [0.2, 0.25) is 0 Å². The second-order valence-corrected chi connectivity index (χ2v) is 6.87. The maximum atomic E-state index is 13.0. The summed E-state index contributed by atoms with van der Waals surface area (Å²) >= 11 is 0. The minimum Gasteiger partial charge on any atom is -0.309 e. The van der Waals surface area contributed by atoms with Crippen molar-refractivity contribution in [1.29, 1.82) is 0 Å². The number of alkyl halides is 3. The molecule has 3 nitrogen and oxygen atoms in total. The average Bonchev–Trinajstić information content (AvgIpc) is 2.32. The molecule has 0 saturated carbocycles. The summed E-state index contributed by atoms with van der Waals surface area (Å²) < 4.78 is 61.8. The summed E-state index contributed by atoms with van der Waals surface area (Å²) in [5.41, 5.74) is -0.823. The summed E-state index contributed by atoms with van der Waals surface area (Å²) in [6.07, 6.45) is -2.78. The van der Waals surface area contributed by atoms with Crippen molar-refractivity contribution in [2.24, 2.45) is 0 Å². The fourth-order valence-electron chi connectivity index (χ4n) is 1.94. The maximum absolute atomic E-state index is 13.0. The molecule has 1 aromatic carbocycles. The molecule has 1 N–H and O–H groups in total. The van der Waals surface area contributed by atoms with Gasteiger partial charge in [-0.1, -0.05) is 25.1 Å². The fourth-order valence-corrected chi connectivity index (χ4v) is 2.84. The Morgan fingerprint density at radius 1 is 1.25 bits per heavy atom. The van der Waals surface area contributed by atoms with Gasteiger partial charge in [0.05, 0.1) is 11.3 Å². The molecule has 0 spiro atoms. The van der Waals surface area contributed by atoms with E-state index < -0.39 is 27.6 Å². The van der Waals surface area contributed by atoms with E-state index in [0.717, 1.165) is 12.3 Å². The molecule has 0 radical (unpaired) electrons. The predicted molar refractivity (Wildman–Crippen MR) is 72.2 cm³/mol. The molecule has 1 aromatic rings. The molecule has 0 fully saturated rings. The van der Waals surface area contributed by atoms with E-state index in [0.29, 0.717) is 13.0 Å². The van der Waals surface area contributed by atoms with Gasteiger partial charge in [0.1, 0.15) is 9.84 Å². The van der Waals surface area contributed by atoms with Crippen LogP contribution in [-0.4, -0.2) is 27.0 Å². The van der Waals surface area contributed by atoms with E-state index >= 15 is 0 Å². The summed E-state index contributed by atoms with van der Waals surface area (Å²) in [7, 11) is -3.39. The summed E-state index contributed by atoms with van der Waals surface area (Å²) in [6, 6.07) is 4.21. The number of hydrogen-bond donors (Lipinski definition) is 1. The molecule has 0 heterocycles. The van der Waals surface area contributed by atoms with Crippen LogP contribution in [0.5, 0.6) is 0 Å². The van der Waals surface area contributed by atoms with Crippen molar-refractivity contribution in [1.82, 2.24) is 5.32 Å². The summed E-state index contributed by atoms with van der Waals surface area (Å²) in [5, 5.41) is 2.88. The van der Waals surface area contributed by atoms with Crippen molar-refractivity contribution in [2.45, 2.75) is 25.6 Å². The van der Waals surface area contributed by atoms with Crippen LogP contribution < -0.4 is 5.32 Å². The van der Waals surface area contributed by atoms with Crippen LogP contribution in [-0.2, 0) is 16.0 Å². The molecule has 0 aromatic heterocycles. The van der Waals surface area contributed by atoms with Crippen LogP contribution in [0.1, 0.15) is 30.5 Å². The SMILES string of the molecule is CCCNC(CS(C)(=O)=O)c1ccccc1C(F)(F)F. The third-order valence-corrected chi connectivity index (χ3v) is 3.69. The van der Waals surface area contributed by atoms with Crippen molar-refractivity contribution >= 4 is 9.84 Å². The van der Waals surface area contributed by atoms with Crippen molar-refractivity contribution in [3.8, 4) is 0 Å². The molecule has 1 unspecified atom stereocenters. The van der Waals surface area contributed by atoms with Gasteiger partial charge >= 0.3 is 6.18 Å². The number of nitrogens with one attached hydrogen (secondary N) is 1. The highest BCUT2D eigenvalue weighted by Gasteiger charge is 2.35. The first-order valence-electron chi connectivity index (χ1n) is 6.22. The minimum atomic E-state index is -4.50. The van der Waals surface area contributed by atoms with E-state index in [1.807, 2.05) is 6.92 Å². The molecule has 0 bridgehead atoms. The molecule has 20 heavy (non-hydrogen) atoms. The van der Waals surface area contributed by atoms with Gasteiger partial charge < -0.3 is 5.32 Å². The van der Waals surface area contributed by atoms with Gasteiger partial charge in [0.15, 0.2) is 0 Å². The monoisotopic (exact) mass is 309 g/mol. The molecular weight excluding hydrogens is 291 g/mol. The fraction of sp³-hybridized carbons (Fsp3) is 0.538. The lowest BCUT2D eigenvalue weighted by Crippen LogP contribution is -2.30. The average molecular weight is 309 g/mol. The van der Waals surface area contributed by atoms with E-state index in [-0.39, 0.29) is 11.3 Å². The molecule has 1 rings (SSSR count). The molecule has 0 aliphatic rings. The van der Waals surface area contributed by atoms with E-state index in [1.54, 1.807) is 0 Å². The standard InChI is InChI=1S/C13H18F3NO2S/c1-3-8-17-12(9-20(2,18)19)10-6-4-5-7-11(10)13(14,15)16/h4-7,12,17H,3,8-9H2,1-2H3. The van der Waals surface area contributed by atoms with Gasteiger partial charge in [0, 0.05) is 12.3 Å². The maximum Gasteiger partial charge on any atom is 0.416 e. The Morgan fingerprint density at radius 2 is 1.85 bits per heavy atom. The first-order chi connectivity index (χ1) is 9.15. The van der Waals surface area contributed by atoms with E-state index in [2.05, 4.69) is 5.32 Å².